The molecule has 1 unspecified atom stereocenters. The van der Waals surface area contributed by atoms with Crippen LogP contribution in [0.1, 0.15) is 103 Å². The fraction of sp³-hybridized carbons (Fsp3) is 0.462. The van der Waals surface area contributed by atoms with Gasteiger partial charge in [0.2, 0.25) is 12.3 Å². The minimum Gasteiger partial charge on any atom is -0.493 e. The van der Waals surface area contributed by atoms with Crippen LogP contribution in [-0.2, 0) is 32.3 Å². The molecule has 1 aliphatic heterocycles. The van der Waals surface area contributed by atoms with Gasteiger partial charge in [-0.1, -0.05) is 51.0 Å². The van der Waals surface area contributed by atoms with E-state index < -0.39 is 5.97 Å². The molecule has 15 nitrogen and oxygen atoms in total. The van der Waals surface area contributed by atoms with Crippen molar-refractivity contribution in [2.45, 2.75) is 100 Å². The van der Waals surface area contributed by atoms with Crippen LogP contribution in [0, 0.1) is 0 Å². The maximum absolute atomic E-state index is 12.5. The smallest absolute Gasteiger partial charge is 0.306 e. The maximum atomic E-state index is 12.5. The van der Waals surface area contributed by atoms with Gasteiger partial charge in [-0.05, 0) is 95.1 Å². The number of carbonyl (C=O) groups excluding carboxylic acids is 4. The van der Waals surface area contributed by atoms with Crippen LogP contribution in [0.25, 0.3) is 0 Å². The van der Waals surface area contributed by atoms with E-state index >= 15 is 0 Å². The van der Waals surface area contributed by atoms with E-state index in [1.807, 2.05) is 99.0 Å². The number of hydrogen-bond donors (Lipinski definition) is 1. The van der Waals surface area contributed by atoms with E-state index in [4.69, 9.17) is 28.7 Å². The highest BCUT2D eigenvalue weighted by molar-refractivity contribution is 5.87. The second-order valence-electron chi connectivity index (χ2n) is 14.6. The standard InChI is InChI=1S/C41H50N4O9.C7H13NO.2C2H6/c1-8-28-17-33(45(4)24-28)23-43-35-22-39(37(50-6)20-31(35)25-46)54-27-30-16-29(26-53-38-21-32(42-9-2)10-11-36(38)49-5)18-34(19-30)52-15-14-44(3)40(47)12-13-41(48)51-7;1-3-7(2)4-5-8-6-9;2*1-2/h8-11,16,18-23,25,33H,12-15,17,24,26-27H2,1-7H3;3,6H,4-5H2,1-2H3,(H,8,9);2*1-2H3/b28-8+,42-9?,43-23?;7-3-;;. The summed E-state index contributed by atoms with van der Waals surface area (Å²) in [7, 11) is 8.09. The lowest BCUT2D eigenvalue weighted by atomic mass is 10.1. The van der Waals surface area contributed by atoms with Crippen molar-refractivity contribution in [3.63, 3.8) is 0 Å². The Hall–Kier alpha value is -6.48. The highest BCUT2D eigenvalue weighted by Crippen LogP contribution is 2.36. The molecule has 1 aliphatic rings. The number of nitrogens with one attached hydrogen (secondary N) is 1. The number of allylic oxidation sites excluding steroid dienone is 2. The second-order valence-corrected chi connectivity index (χ2v) is 14.6. The van der Waals surface area contributed by atoms with Gasteiger partial charge in [0.15, 0.2) is 29.3 Å². The number of nitrogens with zero attached hydrogens (tertiary/aromatic N) is 4. The van der Waals surface area contributed by atoms with Gasteiger partial charge >= 0.3 is 5.97 Å². The molecule has 1 N–H and O–H groups in total. The van der Waals surface area contributed by atoms with Crippen LogP contribution in [0.2, 0.25) is 0 Å². The number of carbonyl (C=O) groups is 4. The lowest BCUT2D eigenvalue weighted by molar-refractivity contribution is -0.143. The molecule has 4 rings (SSSR count). The monoisotopic (exact) mass is 930 g/mol. The molecule has 15 heteroatoms. The first-order chi connectivity index (χ1) is 32.4. The molecule has 1 heterocycles. The van der Waals surface area contributed by atoms with Crippen molar-refractivity contribution in [1.82, 2.24) is 15.1 Å². The molecular weight excluding hydrogens is 855 g/mol. The molecule has 67 heavy (non-hydrogen) atoms. The van der Waals surface area contributed by atoms with Crippen LogP contribution in [0.5, 0.6) is 28.7 Å². The van der Waals surface area contributed by atoms with Crippen molar-refractivity contribution in [1.29, 1.82) is 0 Å². The Kier molecular flexibility index (Phi) is 29.6. The van der Waals surface area contributed by atoms with Gasteiger partial charge in [-0.2, -0.15) is 0 Å². The number of benzene rings is 3. The third-order valence-corrected chi connectivity index (χ3v) is 10.1. The first kappa shape index (κ1) is 58.5. The fourth-order valence-corrected chi connectivity index (χ4v) is 6.22. The summed E-state index contributed by atoms with van der Waals surface area (Å²) in [6.07, 6.45) is 11.1. The molecule has 0 saturated carbocycles. The summed E-state index contributed by atoms with van der Waals surface area (Å²) in [5, 5.41) is 2.59. The maximum Gasteiger partial charge on any atom is 0.306 e. The Morgan fingerprint density at radius 2 is 1.48 bits per heavy atom. The third kappa shape index (κ3) is 21.1. The summed E-state index contributed by atoms with van der Waals surface area (Å²) in [6, 6.07) is 14.5. The van der Waals surface area contributed by atoms with Gasteiger partial charge in [-0.3, -0.25) is 34.1 Å². The normalized spacial score (nSPS) is 13.8. The van der Waals surface area contributed by atoms with Crippen LogP contribution in [0.3, 0.4) is 0 Å². The number of rotatable bonds is 23. The summed E-state index contributed by atoms with van der Waals surface area (Å²) in [6.45, 7) is 18.3. The molecule has 368 valence electrons. The first-order valence-corrected chi connectivity index (χ1v) is 22.7. The van der Waals surface area contributed by atoms with Gasteiger partial charge in [-0.15, -0.1) is 0 Å². The number of esters is 1. The third-order valence-electron chi connectivity index (χ3n) is 10.1. The number of amides is 2. The van der Waals surface area contributed by atoms with Crippen LogP contribution in [0.4, 0.5) is 11.4 Å². The van der Waals surface area contributed by atoms with Crippen LogP contribution in [-0.4, -0.2) is 115 Å². The first-order valence-electron chi connectivity index (χ1n) is 22.7. The van der Waals surface area contributed by atoms with E-state index in [0.29, 0.717) is 46.5 Å². The lowest BCUT2D eigenvalue weighted by Gasteiger charge is -2.18. The Morgan fingerprint density at radius 3 is 2.03 bits per heavy atom. The van der Waals surface area contributed by atoms with Crippen molar-refractivity contribution in [3.05, 3.63) is 88.5 Å². The topological polar surface area (TPSA) is 167 Å². The molecule has 0 aromatic heterocycles. The molecule has 0 aliphatic carbocycles. The number of aldehydes is 1. The van der Waals surface area contributed by atoms with Crippen molar-refractivity contribution >= 4 is 48.4 Å². The highest BCUT2D eigenvalue weighted by Gasteiger charge is 2.23. The van der Waals surface area contributed by atoms with Crippen molar-refractivity contribution < 1.29 is 47.6 Å². The molecule has 2 amide bonds. The van der Waals surface area contributed by atoms with Gasteiger partial charge in [0, 0.05) is 62.7 Å². The van der Waals surface area contributed by atoms with E-state index in [1.165, 1.54) is 30.3 Å². The predicted octanol–water partition coefficient (Wildman–Crippen LogP) is 9.68. The Labute approximate surface area is 399 Å². The summed E-state index contributed by atoms with van der Waals surface area (Å²) < 4.78 is 34.4. The SMILES string of the molecule is C/C=C(/C)CCNC=O.CC.CC.CC=Nc1ccc(OC)c(OCc2cc(COc3cc(N=CC4C/C(=C\C)CN4C)c(C=O)cc3OC)cc(OCCN(C)C(=O)CCC(=O)OC)c2)c1. The number of likely N-dealkylation sites (tertiary alicyclic amines) is 1. The van der Waals surface area contributed by atoms with Gasteiger partial charge in [0.05, 0.1) is 45.7 Å². The van der Waals surface area contributed by atoms with Crippen LogP contribution in [0.15, 0.2) is 81.8 Å². The molecule has 1 fully saturated rings. The van der Waals surface area contributed by atoms with Gasteiger partial charge in [0.25, 0.3) is 0 Å². The number of methoxy groups -OCH3 is 3. The summed E-state index contributed by atoms with van der Waals surface area (Å²) in [5.41, 5.74) is 5.79. The minimum atomic E-state index is -0.439. The molecule has 3 aromatic carbocycles. The van der Waals surface area contributed by atoms with Gasteiger partial charge < -0.3 is 38.6 Å². The van der Waals surface area contributed by atoms with Crippen LogP contribution >= 0.6 is 0 Å². The summed E-state index contributed by atoms with van der Waals surface area (Å²) in [4.78, 5) is 58.5. The van der Waals surface area contributed by atoms with E-state index in [9.17, 15) is 19.2 Å². The predicted molar refractivity (Wildman–Crippen MR) is 268 cm³/mol. The van der Waals surface area contributed by atoms with E-state index in [1.54, 1.807) is 44.6 Å². The van der Waals surface area contributed by atoms with Crippen molar-refractivity contribution in [3.8, 4) is 28.7 Å². The number of ether oxygens (including phenoxy) is 6. The average Bonchev–Trinajstić information content (AvgIpc) is 3.73. The van der Waals surface area contributed by atoms with E-state index in [0.717, 1.165) is 55.4 Å². The van der Waals surface area contributed by atoms with Crippen molar-refractivity contribution in [2.75, 3.05) is 61.7 Å². The minimum absolute atomic E-state index is 0.0101. The Bertz CT molecular complexity index is 2100. The second kappa shape index (κ2) is 33.9. The zero-order valence-electron chi connectivity index (χ0n) is 42.1. The highest BCUT2D eigenvalue weighted by atomic mass is 16.5. The summed E-state index contributed by atoms with van der Waals surface area (Å²) in [5.74, 6) is 1.80. The van der Waals surface area contributed by atoms with Crippen molar-refractivity contribution in [2.24, 2.45) is 9.98 Å². The molecule has 0 bridgehead atoms. The Morgan fingerprint density at radius 1 is 0.821 bits per heavy atom. The molecule has 3 aromatic rings. The van der Waals surface area contributed by atoms with Gasteiger partial charge in [0.1, 0.15) is 25.6 Å². The zero-order chi connectivity index (χ0) is 50.1. The number of hydrogen-bond acceptors (Lipinski definition) is 13. The molecule has 1 saturated heterocycles. The van der Waals surface area contributed by atoms with E-state index in [-0.39, 0.29) is 44.6 Å². The quantitative estimate of drug-likeness (QED) is 0.0316. The number of likely N-dealkylation sites (N-methyl/N-ethyl adjacent to an activating group) is 2. The average molecular weight is 930 g/mol. The molecule has 0 radical (unpaired) electrons. The fourth-order valence-electron chi connectivity index (χ4n) is 6.22. The Balaban J connectivity index is 0.00000153. The zero-order valence-corrected chi connectivity index (χ0v) is 42.1. The molecule has 0 spiro atoms. The lowest BCUT2D eigenvalue weighted by Crippen LogP contribution is -2.31. The van der Waals surface area contributed by atoms with E-state index in [2.05, 4.69) is 26.0 Å². The number of aliphatic imine (C=N–C) groups is 2. The largest absolute Gasteiger partial charge is 0.493 e. The molecule has 1 atom stereocenters. The summed E-state index contributed by atoms with van der Waals surface area (Å²) >= 11 is 0. The molecular formula is C52H75N5O10. The van der Waals surface area contributed by atoms with Crippen LogP contribution < -0.4 is 29.0 Å². The van der Waals surface area contributed by atoms with Gasteiger partial charge in [-0.25, -0.2) is 0 Å².